The molecule has 0 atom stereocenters. The zero-order chi connectivity index (χ0) is 12.0. The maximum atomic E-state index is 5.23. The van der Waals surface area contributed by atoms with E-state index >= 15 is 0 Å². The van der Waals surface area contributed by atoms with Crippen LogP contribution in [0.15, 0.2) is 18.2 Å². The standard InChI is InChI=1S/C13H21NO2/c1-11-9-12(5-6-13(11)16-4)7-8-14(2)10-15-3/h5-6,9H,7-8,10H2,1-4H3. The van der Waals surface area contributed by atoms with Crippen LogP contribution in [0.2, 0.25) is 0 Å². The monoisotopic (exact) mass is 223 g/mol. The SMILES string of the molecule is COCN(C)CCc1ccc(OC)c(C)c1. The lowest BCUT2D eigenvalue weighted by molar-refractivity contribution is 0.0827. The van der Waals surface area contributed by atoms with Crippen molar-refractivity contribution in [3.05, 3.63) is 29.3 Å². The van der Waals surface area contributed by atoms with Gasteiger partial charge in [-0.1, -0.05) is 12.1 Å². The first-order valence-corrected chi connectivity index (χ1v) is 5.48. The second-order valence-corrected chi connectivity index (χ2v) is 4.05. The van der Waals surface area contributed by atoms with Gasteiger partial charge < -0.3 is 9.47 Å². The molecule has 16 heavy (non-hydrogen) atoms. The van der Waals surface area contributed by atoms with Crippen LogP contribution in [0.3, 0.4) is 0 Å². The molecule has 1 aromatic rings. The summed E-state index contributed by atoms with van der Waals surface area (Å²) in [5.74, 6) is 0.953. The molecule has 0 amide bonds. The Kier molecular flexibility index (Phi) is 5.29. The minimum Gasteiger partial charge on any atom is -0.496 e. The average Bonchev–Trinajstić information content (AvgIpc) is 2.27. The van der Waals surface area contributed by atoms with Crippen LogP contribution < -0.4 is 4.74 Å². The predicted octanol–water partition coefficient (Wildman–Crippen LogP) is 2.08. The third-order valence-corrected chi connectivity index (χ3v) is 2.59. The second-order valence-electron chi connectivity index (χ2n) is 4.05. The number of benzene rings is 1. The van der Waals surface area contributed by atoms with E-state index in [1.807, 2.05) is 6.07 Å². The van der Waals surface area contributed by atoms with Gasteiger partial charge in [-0.2, -0.15) is 0 Å². The lowest BCUT2D eigenvalue weighted by Gasteiger charge is -2.15. The van der Waals surface area contributed by atoms with E-state index in [9.17, 15) is 0 Å². The highest BCUT2D eigenvalue weighted by Gasteiger charge is 2.02. The van der Waals surface area contributed by atoms with Crippen LogP contribution in [0.1, 0.15) is 11.1 Å². The van der Waals surface area contributed by atoms with Crippen molar-refractivity contribution >= 4 is 0 Å². The first kappa shape index (κ1) is 13.0. The van der Waals surface area contributed by atoms with Gasteiger partial charge in [0.05, 0.1) is 13.8 Å². The van der Waals surface area contributed by atoms with Crippen LogP contribution >= 0.6 is 0 Å². The van der Waals surface area contributed by atoms with E-state index < -0.39 is 0 Å². The summed E-state index contributed by atoms with van der Waals surface area (Å²) in [6.07, 6.45) is 1.03. The largest absolute Gasteiger partial charge is 0.496 e. The van der Waals surface area contributed by atoms with Crippen LogP contribution in [0, 0.1) is 6.92 Å². The molecule has 0 unspecified atom stereocenters. The molecule has 0 N–H and O–H groups in total. The Hall–Kier alpha value is -1.06. The van der Waals surface area contributed by atoms with Crippen molar-refractivity contribution in [3.63, 3.8) is 0 Å². The van der Waals surface area contributed by atoms with E-state index in [1.165, 1.54) is 11.1 Å². The molecule has 0 radical (unpaired) electrons. The summed E-state index contributed by atoms with van der Waals surface area (Å²) >= 11 is 0. The van der Waals surface area contributed by atoms with Crippen LogP contribution in [-0.4, -0.2) is 39.4 Å². The van der Waals surface area contributed by atoms with E-state index in [0.717, 1.165) is 18.7 Å². The maximum absolute atomic E-state index is 5.23. The van der Waals surface area contributed by atoms with E-state index in [2.05, 4.69) is 31.0 Å². The topological polar surface area (TPSA) is 21.7 Å². The maximum Gasteiger partial charge on any atom is 0.121 e. The summed E-state index contributed by atoms with van der Waals surface area (Å²) in [5, 5.41) is 0. The first-order valence-electron chi connectivity index (χ1n) is 5.48. The average molecular weight is 223 g/mol. The Labute approximate surface area is 98.0 Å². The number of aryl methyl sites for hydroxylation is 1. The molecule has 0 spiro atoms. The summed E-state index contributed by atoms with van der Waals surface area (Å²) in [7, 11) is 5.47. The van der Waals surface area contributed by atoms with Gasteiger partial charge in [0.15, 0.2) is 0 Å². The van der Waals surface area contributed by atoms with Crippen LogP contribution in [0.25, 0.3) is 0 Å². The van der Waals surface area contributed by atoms with E-state index in [0.29, 0.717) is 6.73 Å². The molecule has 0 aliphatic rings. The molecule has 0 aliphatic carbocycles. The zero-order valence-electron chi connectivity index (χ0n) is 10.6. The molecule has 0 bridgehead atoms. The Balaban J connectivity index is 2.51. The third kappa shape index (κ3) is 3.83. The molecule has 0 aliphatic heterocycles. The number of nitrogens with zero attached hydrogens (tertiary/aromatic N) is 1. The van der Waals surface area contributed by atoms with Gasteiger partial charge in [-0.3, -0.25) is 4.90 Å². The number of rotatable bonds is 6. The highest BCUT2D eigenvalue weighted by molar-refractivity contribution is 5.36. The summed E-state index contributed by atoms with van der Waals surface area (Å²) in [5.41, 5.74) is 2.52. The molecule has 1 aromatic carbocycles. The Morgan fingerprint density at radius 1 is 1.25 bits per heavy atom. The van der Waals surface area contributed by atoms with Crippen molar-refractivity contribution < 1.29 is 9.47 Å². The molecule has 0 saturated heterocycles. The predicted molar refractivity (Wildman–Crippen MR) is 65.9 cm³/mol. The lowest BCUT2D eigenvalue weighted by atomic mass is 10.1. The van der Waals surface area contributed by atoms with Gasteiger partial charge in [-0.15, -0.1) is 0 Å². The molecule has 0 heterocycles. The molecule has 3 heteroatoms. The fourth-order valence-corrected chi connectivity index (χ4v) is 1.70. The highest BCUT2D eigenvalue weighted by atomic mass is 16.5. The van der Waals surface area contributed by atoms with Gasteiger partial charge in [-0.25, -0.2) is 0 Å². The zero-order valence-corrected chi connectivity index (χ0v) is 10.6. The van der Waals surface area contributed by atoms with Gasteiger partial charge in [0.2, 0.25) is 0 Å². The molecule has 0 aromatic heterocycles. The number of methoxy groups -OCH3 is 2. The first-order chi connectivity index (χ1) is 7.67. The van der Waals surface area contributed by atoms with Gasteiger partial charge in [0, 0.05) is 13.7 Å². The van der Waals surface area contributed by atoms with Gasteiger partial charge >= 0.3 is 0 Å². The number of hydrogen-bond acceptors (Lipinski definition) is 3. The van der Waals surface area contributed by atoms with E-state index in [4.69, 9.17) is 9.47 Å². The fraction of sp³-hybridized carbons (Fsp3) is 0.538. The van der Waals surface area contributed by atoms with Crippen molar-refractivity contribution in [2.24, 2.45) is 0 Å². The smallest absolute Gasteiger partial charge is 0.121 e. The van der Waals surface area contributed by atoms with Crippen molar-refractivity contribution in [2.75, 3.05) is 34.5 Å². The summed E-state index contributed by atoms with van der Waals surface area (Å²) in [4.78, 5) is 2.15. The molecule has 1 rings (SSSR count). The molecule has 3 nitrogen and oxygen atoms in total. The van der Waals surface area contributed by atoms with Gasteiger partial charge in [-0.05, 0) is 37.6 Å². The van der Waals surface area contributed by atoms with E-state index in [1.54, 1.807) is 14.2 Å². The van der Waals surface area contributed by atoms with Crippen molar-refractivity contribution in [1.82, 2.24) is 4.90 Å². The van der Waals surface area contributed by atoms with Crippen LogP contribution in [0.4, 0.5) is 0 Å². The molecular weight excluding hydrogens is 202 g/mol. The molecule has 0 fully saturated rings. The van der Waals surface area contributed by atoms with Crippen molar-refractivity contribution in [1.29, 1.82) is 0 Å². The normalized spacial score (nSPS) is 10.8. The quantitative estimate of drug-likeness (QED) is 0.689. The number of likely N-dealkylation sites (N-methyl/N-ethyl adjacent to an activating group) is 1. The number of hydrogen-bond donors (Lipinski definition) is 0. The van der Waals surface area contributed by atoms with Crippen LogP contribution in [0.5, 0.6) is 5.75 Å². The summed E-state index contributed by atoms with van der Waals surface area (Å²) in [6, 6.07) is 6.33. The number of ether oxygens (including phenoxy) is 2. The Morgan fingerprint density at radius 2 is 2.00 bits per heavy atom. The molecule has 0 saturated carbocycles. The second kappa shape index (κ2) is 6.51. The Bertz CT molecular complexity index is 326. The minimum atomic E-state index is 0.676. The third-order valence-electron chi connectivity index (χ3n) is 2.59. The summed E-state index contributed by atoms with van der Waals surface area (Å²) in [6.45, 7) is 3.75. The fourth-order valence-electron chi connectivity index (χ4n) is 1.70. The molecule has 90 valence electrons. The Morgan fingerprint density at radius 3 is 2.56 bits per heavy atom. The lowest BCUT2D eigenvalue weighted by Crippen LogP contribution is -2.23. The highest BCUT2D eigenvalue weighted by Crippen LogP contribution is 2.18. The van der Waals surface area contributed by atoms with Gasteiger partial charge in [0.25, 0.3) is 0 Å². The van der Waals surface area contributed by atoms with E-state index in [-0.39, 0.29) is 0 Å². The van der Waals surface area contributed by atoms with Crippen molar-refractivity contribution in [2.45, 2.75) is 13.3 Å². The minimum absolute atomic E-state index is 0.676. The molecular formula is C13H21NO2. The summed E-state index contributed by atoms with van der Waals surface area (Å²) < 4.78 is 10.3. The van der Waals surface area contributed by atoms with Gasteiger partial charge in [0.1, 0.15) is 5.75 Å². The van der Waals surface area contributed by atoms with Crippen molar-refractivity contribution in [3.8, 4) is 5.75 Å². The van der Waals surface area contributed by atoms with Crippen LogP contribution in [-0.2, 0) is 11.2 Å².